The van der Waals surface area contributed by atoms with Crippen LogP contribution in [0.1, 0.15) is 19.8 Å². The van der Waals surface area contributed by atoms with Gasteiger partial charge in [0.15, 0.2) is 4.90 Å². The highest BCUT2D eigenvalue weighted by Crippen LogP contribution is 2.47. The lowest BCUT2D eigenvalue weighted by Gasteiger charge is -2.37. The Balaban J connectivity index is 1.46. The first-order chi connectivity index (χ1) is 13.6. The Morgan fingerprint density at radius 3 is 2.41 bits per heavy atom. The smallest absolute Gasteiger partial charge is 0.249 e. The number of carbonyl (C=O) groups excluding carboxylic acids is 2. The van der Waals surface area contributed by atoms with E-state index in [9.17, 15) is 26.8 Å². The van der Waals surface area contributed by atoms with Crippen LogP contribution in [0, 0.1) is 11.6 Å². The molecule has 2 unspecified atom stereocenters. The van der Waals surface area contributed by atoms with Crippen LogP contribution >= 0.6 is 11.8 Å². The Labute approximate surface area is 172 Å². The highest BCUT2D eigenvalue weighted by molar-refractivity contribution is 8.01. The second-order valence-electron chi connectivity index (χ2n) is 7.55. The third kappa shape index (κ3) is 3.32. The number of thioether (sulfide) groups is 1. The zero-order chi connectivity index (χ0) is 21.0. The third-order valence-electron chi connectivity index (χ3n) is 5.80. The van der Waals surface area contributed by atoms with Gasteiger partial charge in [-0.3, -0.25) is 9.59 Å². The molecule has 158 valence electrons. The highest BCUT2D eigenvalue weighted by Gasteiger charge is 2.53. The molecule has 7 nitrogen and oxygen atoms in total. The molecule has 0 radical (unpaired) electrons. The third-order valence-corrected chi connectivity index (χ3v) is 9.25. The molecule has 0 bridgehead atoms. The van der Waals surface area contributed by atoms with E-state index in [0.29, 0.717) is 18.6 Å². The van der Waals surface area contributed by atoms with Gasteiger partial charge in [0.25, 0.3) is 0 Å². The van der Waals surface area contributed by atoms with Crippen molar-refractivity contribution in [1.82, 2.24) is 14.1 Å². The number of piperazine rings is 1. The molecule has 0 aliphatic carbocycles. The van der Waals surface area contributed by atoms with Gasteiger partial charge in [-0.05, 0) is 25.5 Å². The molecule has 0 spiro atoms. The predicted molar refractivity (Wildman–Crippen MR) is 102 cm³/mol. The Morgan fingerprint density at radius 2 is 1.79 bits per heavy atom. The average Bonchev–Trinajstić information content (AvgIpc) is 3.17. The molecular weight excluding hydrogens is 424 g/mol. The largest absolute Gasteiger partial charge is 0.338 e. The molecule has 0 N–H and O–H groups in total. The zero-order valence-electron chi connectivity index (χ0n) is 15.8. The van der Waals surface area contributed by atoms with Crippen LogP contribution in [0.3, 0.4) is 0 Å². The van der Waals surface area contributed by atoms with Crippen molar-refractivity contribution in [2.24, 2.45) is 0 Å². The Bertz CT molecular complexity index is 946. The Kier molecular flexibility index (Phi) is 5.11. The molecule has 3 saturated heterocycles. The van der Waals surface area contributed by atoms with Gasteiger partial charge < -0.3 is 9.80 Å². The first-order valence-corrected chi connectivity index (χ1v) is 11.8. The van der Waals surface area contributed by atoms with Crippen molar-refractivity contribution in [2.75, 3.05) is 31.9 Å². The molecule has 3 aliphatic rings. The maximum atomic E-state index is 14.0. The van der Waals surface area contributed by atoms with Crippen LogP contribution in [0.5, 0.6) is 0 Å². The number of carbonyl (C=O) groups is 2. The number of sulfonamides is 1. The fourth-order valence-electron chi connectivity index (χ4n) is 4.22. The molecule has 29 heavy (non-hydrogen) atoms. The molecule has 3 fully saturated rings. The second-order valence-corrected chi connectivity index (χ2v) is 10.9. The summed E-state index contributed by atoms with van der Waals surface area (Å²) in [5.41, 5.74) is 0. The van der Waals surface area contributed by atoms with E-state index in [1.807, 2.05) is 6.92 Å². The lowest BCUT2D eigenvalue weighted by atomic mass is 10.2. The summed E-state index contributed by atoms with van der Waals surface area (Å²) in [5.74, 6) is -2.01. The number of hydrogen-bond donors (Lipinski definition) is 0. The monoisotopic (exact) mass is 445 g/mol. The van der Waals surface area contributed by atoms with Gasteiger partial charge >= 0.3 is 0 Å². The average molecular weight is 446 g/mol. The standard InChI is InChI=1S/C18H21F2N3O4S2/c1-18-6-5-15(24)23(18)14(11-28-18)17(25)21-7-9-22(10-8-21)29(26,27)16-12(19)3-2-4-13(16)20/h2-4,14H,5-11H2,1H3. The van der Waals surface area contributed by atoms with Gasteiger partial charge in [0.05, 0.1) is 4.87 Å². The Hall–Kier alpha value is -1.72. The fraction of sp³-hybridized carbons (Fsp3) is 0.556. The maximum absolute atomic E-state index is 14.0. The number of hydrogen-bond acceptors (Lipinski definition) is 5. The summed E-state index contributed by atoms with van der Waals surface area (Å²) in [7, 11) is -4.35. The van der Waals surface area contributed by atoms with Crippen molar-refractivity contribution in [2.45, 2.75) is 35.6 Å². The Morgan fingerprint density at radius 1 is 1.17 bits per heavy atom. The van der Waals surface area contributed by atoms with Crippen LogP contribution in [0.2, 0.25) is 0 Å². The van der Waals surface area contributed by atoms with Gasteiger partial charge in [0.1, 0.15) is 17.7 Å². The van der Waals surface area contributed by atoms with Crippen LogP contribution < -0.4 is 0 Å². The molecule has 3 aliphatic heterocycles. The second kappa shape index (κ2) is 7.21. The summed E-state index contributed by atoms with van der Waals surface area (Å²) < 4.78 is 54.3. The molecule has 1 aromatic carbocycles. The van der Waals surface area contributed by atoms with Crippen LogP contribution in [-0.4, -0.2) is 77.2 Å². The minimum absolute atomic E-state index is 0.0351. The predicted octanol–water partition coefficient (Wildman–Crippen LogP) is 1.25. The van der Waals surface area contributed by atoms with Gasteiger partial charge in [-0.25, -0.2) is 17.2 Å². The van der Waals surface area contributed by atoms with E-state index in [-0.39, 0.29) is 42.9 Å². The molecular formula is C18H21F2N3O4S2. The quantitative estimate of drug-likeness (QED) is 0.700. The van der Waals surface area contributed by atoms with Crippen molar-refractivity contribution in [1.29, 1.82) is 0 Å². The fourth-order valence-corrected chi connectivity index (χ4v) is 7.18. The van der Waals surface area contributed by atoms with Crippen LogP contribution in [0.15, 0.2) is 23.1 Å². The van der Waals surface area contributed by atoms with E-state index in [1.54, 1.807) is 16.7 Å². The lowest BCUT2D eigenvalue weighted by Crippen LogP contribution is -2.56. The van der Waals surface area contributed by atoms with Crippen LogP contribution in [-0.2, 0) is 19.6 Å². The zero-order valence-corrected chi connectivity index (χ0v) is 17.4. The minimum atomic E-state index is -4.35. The van der Waals surface area contributed by atoms with Gasteiger partial charge in [0.2, 0.25) is 21.8 Å². The molecule has 2 amide bonds. The van der Waals surface area contributed by atoms with Crippen LogP contribution in [0.25, 0.3) is 0 Å². The summed E-state index contributed by atoms with van der Waals surface area (Å²) in [4.78, 5) is 27.1. The van der Waals surface area contributed by atoms with E-state index in [0.717, 1.165) is 22.5 Å². The normalized spacial score (nSPS) is 28.1. The van der Waals surface area contributed by atoms with Gasteiger partial charge in [-0.1, -0.05) is 6.07 Å². The van der Waals surface area contributed by atoms with Gasteiger partial charge in [-0.2, -0.15) is 4.31 Å². The first kappa shape index (κ1) is 20.5. The molecule has 0 aromatic heterocycles. The number of nitrogens with zero attached hydrogens (tertiary/aromatic N) is 3. The summed E-state index contributed by atoms with van der Waals surface area (Å²) in [6.45, 7) is 2.05. The number of amides is 2. The number of rotatable bonds is 3. The maximum Gasteiger partial charge on any atom is 0.249 e. The van der Waals surface area contributed by atoms with E-state index >= 15 is 0 Å². The lowest BCUT2D eigenvalue weighted by molar-refractivity contribution is -0.144. The summed E-state index contributed by atoms with van der Waals surface area (Å²) in [6, 6.07) is 2.36. The molecule has 2 atom stereocenters. The summed E-state index contributed by atoms with van der Waals surface area (Å²) in [5, 5.41) is 0. The number of fused-ring (bicyclic) bond motifs is 1. The molecule has 11 heteroatoms. The van der Waals surface area contributed by atoms with Gasteiger partial charge in [0, 0.05) is 38.4 Å². The van der Waals surface area contributed by atoms with Crippen molar-refractivity contribution >= 4 is 33.6 Å². The molecule has 4 rings (SSSR count). The molecule has 1 aromatic rings. The van der Waals surface area contributed by atoms with Crippen molar-refractivity contribution in [3.8, 4) is 0 Å². The van der Waals surface area contributed by atoms with Gasteiger partial charge in [-0.15, -0.1) is 11.8 Å². The first-order valence-electron chi connectivity index (χ1n) is 9.34. The van der Waals surface area contributed by atoms with E-state index in [2.05, 4.69) is 0 Å². The topological polar surface area (TPSA) is 78.0 Å². The highest BCUT2D eigenvalue weighted by atomic mass is 32.2. The van der Waals surface area contributed by atoms with Crippen LogP contribution in [0.4, 0.5) is 8.78 Å². The molecule has 3 heterocycles. The summed E-state index contributed by atoms with van der Waals surface area (Å²) in [6.07, 6.45) is 1.13. The minimum Gasteiger partial charge on any atom is -0.338 e. The van der Waals surface area contributed by atoms with Crippen molar-refractivity contribution in [3.05, 3.63) is 29.8 Å². The van der Waals surface area contributed by atoms with E-state index < -0.39 is 32.6 Å². The molecule has 0 saturated carbocycles. The van der Waals surface area contributed by atoms with Crippen molar-refractivity contribution in [3.63, 3.8) is 0 Å². The SMILES string of the molecule is CC12CCC(=O)N1C(C(=O)N1CCN(S(=O)(=O)c3c(F)cccc3F)CC1)CS2. The van der Waals surface area contributed by atoms with E-state index in [4.69, 9.17) is 0 Å². The van der Waals surface area contributed by atoms with Crippen molar-refractivity contribution < 1.29 is 26.8 Å². The number of benzene rings is 1. The van der Waals surface area contributed by atoms with E-state index in [1.165, 1.54) is 4.90 Å². The number of halogens is 2. The summed E-state index contributed by atoms with van der Waals surface area (Å²) >= 11 is 1.59.